The first-order valence-corrected chi connectivity index (χ1v) is 6.38. The maximum Gasteiger partial charge on any atom is 0.321 e. The van der Waals surface area contributed by atoms with Crippen LogP contribution in [0.25, 0.3) is 0 Å². The highest BCUT2D eigenvalue weighted by Gasteiger charge is 2.37. The first-order chi connectivity index (χ1) is 9.62. The molecule has 1 aromatic carbocycles. The van der Waals surface area contributed by atoms with E-state index in [0.717, 1.165) is 12.0 Å². The third kappa shape index (κ3) is 2.51. The van der Waals surface area contributed by atoms with E-state index in [4.69, 9.17) is 14.2 Å². The molecule has 110 valence electrons. The number of carbonyl (C=O) groups is 1. The Labute approximate surface area is 117 Å². The van der Waals surface area contributed by atoms with Gasteiger partial charge >= 0.3 is 5.97 Å². The Morgan fingerprint density at radius 2 is 1.80 bits per heavy atom. The topological polar surface area (TPSA) is 77.0 Å². The first kappa shape index (κ1) is 14.5. The summed E-state index contributed by atoms with van der Waals surface area (Å²) in [5.41, 5.74) is 0.771. The van der Waals surface area contributed by atoms with Crippen molar-refractivity contribution in [2.75, 3.05) is 27.9 Å². The van der Waals surface area contributed by atoms with Gasteiger partial charge in [0.25, 0.3) is 0 Å². The van der Waals surface area contributed by atoms with Crippen LogP contribution in [-0.4, -0.2) is 45.0 Å². The van der Waals surface area contributed by atoms with Gasteiger partial charge in [0.1, 0.15) is 23.3 Å². The normalized spacial score (nSPS) is 21.6. The fourth-order valence-electron chi connectivity index (χ4n) is 2.67. The van der Waals surface area contributed by atoms with Crippen molar-refractivity contribution in [3.63, 3.8) is 0 Å². The summed E-state index contributed by atoms with van der Waals surface area (Å²) < 4.78 is 16.0. The van der Waals surface area contributed by atoms with E-state index in [-0.39, 0.29) is 5.92 Å². The van der Waals surface area contributed by atoms with Crippen LogP contribution in [0.3, 0.4) is 0 Å². The van der Waals surface area contributed by atoms with Crippen molar-refractivity contribution in [2.45, 2.75) is 18.4 Å². The lowest BCUT2D eigenvalue weighted by Crippen LogP contribution is -2.34. The number of benzene rings is 1. The zero-order valence-electron chi connectivity index (χ0n) is 11.8. The smallest absolute Gasteiger partial charge is 0.321 e. The molecule has 2 unspecified atom stereocenters. The van der Waals surface area contributed by atoms with Crippen LogP contribution in [0.15, 0.2) is 12.1 Å². The molecule has 0 radical (unpaired) electrons. The summed E-state index contributed by atoms with van der Waals surface area (Å²) >= 11 is 0. The standard InChI is InChI=1S/C14H19NO5/c1-18-8-6-10(19-2)12(11(7-8)20-3)9-4-5-15-13(9)14(16)17/h6-7,9,13,15H,4-5H2,1-3H3,(H,16,17). The molecule has 1 aliphatic rings. The highest BCUT2D eigenvalue weighted by molar-refractivity contribution is 5.76. The molecule has 0 amide bonds. The molecule has 0 aliphatic carbocycles. The fraction of sp³-hybridized carbons (Fsp3) is 0.500. The van der Waals surface area contributed by atoms with Crippen molar-refractivity contribution in [3.05, 3.63) is 17.7 Å². The lowest BCUT2D eigenvalue weighted by Gasteiger charge is -2.22. The number of hydrogen-bond donors (Lipinski definition) is 2. The second-order valence-electron chi connectivity index (χ2n) is 4.61. The molecule has 1 heterocycles. The van der Waals surface area contributed by atoms with Crippen LogP contribution in [0.4, 0.5) is 0 Å². The molecule has 6 nitrogen and oxygen atoms in total. The van der Waals surface area contributed by atoms with Crippen LogP contribution < -0.4 is 19.5 Å². The molecule has 2 atom stereocenters. The minimum absolute atomic E-state index is 0.191. The molecule has 0 aromatic heterocycles. The Morgan fingerprint density at radius 3 is 2.25 bits per heavy atom. The average molecular weight is 281 g/mol. The van der Waals surface area contributed by atoms with E-state index in [0.29, 0.717) is 23.8 Å². The van der Waals surface area contributed by atoms with E-state index in [2.05, 4.69) is 5.32 Å². The van der Waals surface area contributed by atoms with Crippen molar-refractivity contribution >= 4 is 5.97 Å². The molecule has 20 heavy (non-hydrogen) atoms. The van der Waals surface area contributed by atoms with Crippen LogP contribution in [0.2, 0.25) is 0 Å². The molecule has 1 aliphatic heterocycles. The summed E-state index contributed by atoms with van der Waals surface area (Å²) in [5, 5.41) is 12.3. The number of aliphatic carboxylic acids is 1. The molecule has 0 bridgehead atoms. The second-order valence-corrected chi connectivity index (χ2v) is 4.61. The minimum atomic E-state index is -0.868. The Hall–Kier alpha value is -1.95. The van der Waals surface area contributed by atoms with Gasteiger partial charge in [0.2, 0.25) is 0 Å². The highest BCUT2D eigenvalue weighted by atomic mass is 16.5. The summed E-state index contributed by atoms with van der Waals surface area (Å²) in [6.45, 7) is 0.653. The molecular formula is C14H19NO5. The van der Waals surface area contributed by atoms with Gasteiger partial charge < -0.3 is 24.6 Å². The third-order valence-corrected chi connectivity index (χ3v) is 3.61. The van der Waals surface area contributed by atoms with Gasteiger partial charge in [-0.25, -0.2) is 0 Å². The number of carboxylic acids is 1. The lowest BCUT2D eigenvalue weighted by atomic mass is 9.90. The number of rotatable bonds is 5. The molecule has 2 N–H and O–H groups in total. The third-order valence-electron chi connectivity index (χ3n) is 3.61. The molecule has 0 spiro atoms. The average Bonchev–Trinajstić information content (AvgIpc) is 2.94. The molecule has 1 saturated heterocycles. The largest absolute Gasteiger partial charge is 0.496 e. The zero-order valence-corrected chi connectivity index (χ0v) is 11.8. The molecule has 0 saturated carbocycles. The van der Waals surface area contributed by atoms with Gasteiger partial charge in [-0.2, -0.15) is 0 Å². The van der Waals surface area contributed by atoms with Crippen LogP contribution in [0.1, 0.15) is 17.9 Å². The van der Waals surface area contributed by atoms with E-state index in [1.165, 1.54) is 0 Å². The van der Waals surface area contributed by atoms with Crippen LogP contribution in [-0.2, 0) is 4.79 Å². The van der Waals surface area contributed by atoms with E-state index in [1.807, 2.05) is 0 Å². The van der Waals surface area contributed by atoms with Crippen LogP contribution in [0.5, 0.6) is 17.2 Å². The van der Waals surface area contributed by atoms with E-state index in [1.54, 1.807) is 33.5 Å². The SMILES string of the molecule is COc1cc(OC)c(C2CCNC2C(=O)O)c(OC)c1. The van der Waals surface area contributed by atoms with Crippen LogP contribution in [0, 0.1) is 0 Å². The van der Waals surface area contributed by atoms with Gasteiger partial charge in [-0.15, -0.1) is 0 Å². The van der Waals surface area contributed by atoms with Gasteiger partial charge in [-0.3, -0.25) is 4.79 Å². The quantitative estimate of drug-likeness (QED) is 0.845. The van der Waals surface area contributed by atoms with Gasteiger partial charge in [-0.05, 0) is 13.0 Å². The minimum Gasteiger partial charge on any atom is -0.496 e. The molecule has 6 heteroatoms. The fourth-order valence-corrected chi connectivity index (χ4v) is 2.67. The maximum absolute atomic E-state index is 11.3. The first-order valence-electron chi connectivity index (χ1n) is 6.38. The monoisotopic (exact) mass is 281 g/mol. The predicted molar refractivity (Wildman–Crippen MR) is 72.9 cm³/mol. The highest BCUT2D eigenvalue weighted by Crippen LogP contribution is 2.43. The zero-order chi connectivity index (χ0) is 14.7. The van der Waals surface area contributed by atoms with Gasteiger partial charge in [0, 0.05) is 23.6 Å². The maximum atomic E-state index is 11.3. The number of hydrogen-bond acceptors (Lipinski definition) is 5. The lowest BCUT2D eigenvalue weighted by molar-refractivity contribution is -0.139. The van der Waals surface area contributed by atoms with E-state index < -0.39 is 12.0 Å². The van der Waals surface area contributed by atoms with Crippen molar-refractivity contribution in [2.24, 2.45) is 0 Å². The van der Waals surface area contributed by atoms with Crippen molar-refractivity contribution < 1.29 is 24.1 Å². The van der Waals surface area contributed by atoms with Crippen LogP contribution >= 0.6 is 0 Å². The Morgan fingerprint density at radius 1 is 1.20 bits per heavy atom. The van der Waals surface area contributed by atoms with Crippen molar-refractivity contribution in [1.29, 1.82) is 0 Å². The molecule has 1 fully saturated rings. The summed E-state index contributed by atoms with van der Waals surface area (Å²) in [4.78, 5) is 11.3. The number of methoxy groups -OCH3 is 3. The Balaban J connectivity index is 2.51. The van der Waals surface area contributed by atoms with Crippen molar-refractivity contribution in [3.8, 4) is 17.2 Å². The summed E-state index contributed by atoms with van der Waals surface area (Å²) in [6.07, 6.45) is 0.718. The molecular weight excluding hydrogens is 262 g/mol. The Kier molecular flexibility index (Phi) is 4.34. The summed E-state index contributed by atoms with van der Waals surface area (Å²) in [5.74, 6) is 0.721. The molecule has 2 rings (SSSR count). The summed E-state index contributed by atoms with van der Waals surface area (Å²) in [7, 11) is 4.66. The summed E-state index contributed by atoms with van der Waals surface area (Å²) in [6, 6.07) is 2.86. The van der Waals surface area contributed by atoms with Gasteiger partial charge in [0.05, 0.1) is 21.3 Å². The van der Waals surface area contributed by atoms with Gasteiger partial charge in [0.15, 0.2) is 0 Å². The second kappa shape index (κ2) is 6.00. The van der Waals surface area contributed by atoms with Crippen molar-refractivity contribution in [1.82, 2.24) is 5.32 Å². The number of carboxylic acid groups (broad SMARTS) is 1. The Bertz CT molecular complexity index is 477. The van der Waals surface area contributed by atoms with E-state index in [9.17, 15) is 9.90 Å². The van der Waals surface area contributed by atoms with Gasteiger partial charge in [-0.1, -0.05) is 0 Å². The number of nitrogens with one attached hydrogen (secondary N) is 1. The molecule has 1 aromatic rings. The predicted octanol–water partition coefficient (Wildman–Crippen LogP) is 1.24. The van der Waals surface area contributed by atoms with E-state index >= 15 is 0 Å². The number of ether oxygens (including phenoxy) is 3.